The lowest BCUT2D eigenvalue weighted by Gasteiger charge is -2.27. The van der Waals surface area contributed by atoms with Crippen molar-refractivity contribution >= 4 is 63.7 Å². The molecule has 8 heteroatoms. The van der Waals surface area contributed by atoms with Crippen LogP contribution in [0.5, 0.6) is 0 Å². The first kappa shape index (κ1) is 18.3. The Bertz CT molecular complexity index is 479. The van der Waals surface area contributed by atoms with Gasteiger partial charge in [0.25, 0.3) is 0 Å². The molecule has 0 aliphatic heterocycles. The van der Waals surface area contributed by atoms with Crippen LogP contribution in [0.15, 0.2) is 30.3 Å². The molecule has 3 N–H and O–H groups in total. The number of rotatable bonds is 5. The molecule has 0 aliphatic rings. The molecule has 0 aromatic heterocycles. The van der Waals surface area contributed by atoms with Gasteiger partial charge in [0.2, 0.25) is 9.70 Å². The first-order chi connectivity index (χ1) is 9.82. The number of benzene rings is 1. The van der Waals surface area contributed by atoms with Crippen molar-refractivity contribution in [2.45, 2.75) is 29.7 Å². The fourth-order valence-electron chi connectivity index (χ4n) is 1.48. The van der Waals surface area contributed by atoms with Crippen molar-refractivity contribution in [1.29, 1.82) is 0 Å². The second-order valence-corrected chi connectivity index (χ2v) is 7.03. The largest absolute Gasteiger partial charge is 0.339 e. The van der Waals surface area contributed by atoms with E-state index in [1.807, 2.05) is 37.3 Å². The van der Waals surface area contributed by atoms with Crippen LogP contribution in [-0.2, 0) is 4.79 Å². The summed E-state index contributed by atoms with van der Waals surface area (Å²) in [6, 6.07) is 9.29. The lowest BCUT2D eigenvalue weighted by Crippen LogP contribution is -2.56. The van der Waals surface area contributed by atoms with Crippen molar-refractivity contribution in [3.05, 3.63) is 30.3 Å². The molecule has 0 spiro atoms. The fourth-order valence-corrected chi connectivity index (χ4v) is 2.04. The Labute approximate surface area is 144 Å². The average Bonchev–Trinajstić information content (AvgIpc) is 2.38. The van der Waals surface area contributed by atoms with Crippen LogP contribution < -0.4 is 16.0 Å². The molecule has 1 aromatic rings. The number of halogens is 3. The summed E-state index contributed by atoms with van der Waals surface area (Å²) in [4.78, 5) is 11.6. The van der Waals surface area contributed by atoms with E-state index in [4.69, 9.17) is 47.0 Å². The zero-order chi connectivity index (χ0) is 15.9. The number of carbonyl (C=O) groups excluding carboxylic acids is 1. The molecule has 21 heavy (non-hydrogen) atoms. The number of nitrogens with one attached hydrogen (secondary N) is 3. The summed E-state index contributed by atoms with van der Waals surface area (Å²) in [6.45, 7) is 1.89. The summed E-state index contributed by atoms with van der Waals surface area (Å²) >= 11 is 22.7. The van der Waals surface area contributed by atoms with E-state index < -0.39 is 9.96 Å². The van der Waals surface area contributed by atoms with Crippen molar-refractivity contribution in [3.8, 4) is 0 Å². The summed E-state index contributed by atoms with van der Waals surface area (Å²) in [5.41, 5.74) is 0.790. The molecular weight excluding hydrogens is 353 g/mol. The smallest absolute Gasteiger partial charge is 0.228 e. The Hall–Kier alpha value is -0.750. The van der Waals surface area contributed by atoms with Crippen LogP contribution in [0.1, 0.15) is 19.8 Å². The number of hydrogen-bond donors (Lipinski definition) is 3. The molecule has 1 unspecified atom stereocenters. The number of carbonyl (C=O) groups is 1. The van der Waals surface area contributed by atoms with E-state index >= 15 is 0 Å². The molecule has 0 heterocycles. The minimum Gasteiger partial charge on any atom is -0.339 e. The van der Waals surface area contributed by atoms with E-state index in [9.17, 15) is 4.79 Å². The molecule has 0 fully saturated rings. The van der Waals surface area contributed by atoms with Crippen LogP contribution in [0.3, 0.4) is 0 Å². The van der Waals surface area contributed by atoms with E-state index in [1.54, 1.807) is 0 Å². The summed E-state index contributed by atoms with van der Waals surface area (Å²) in [5, 5.41) is 8.58. The normalized spacial score (nSPS) is 12.4. The topological polar surface area (TPSA) is 53.2 Å². The van der Waals surface area contributed by atoms with Crippen LogP contribution in [0.25, 0.3) is 0 Å². The molecule has 1 rings (SSSR count). The van der Waals surface area contributed by atoms with Gasteiger partial charge in [0, 0.05) is 12.1 Å². The number of alkyl halides is 3. The summed E-state index contributed by atoms with van der Waals surface area (Å²) in [7, 11) is 0. The molecule has 1 atom stereocenters. The first-order valence-corrected chi connectivity index (χ1v) is 7.85. The lowest BCUT2D eigenvalue weighted by molar-refractivity contribution is -0.121. The molecule has 0 aliphatic carbocycles. The molecular formula is C13H16Cl3N3OS. The highest BCUT2D eigenvalue weighted by atomic mass is 35.6. The lowest BCUT2D eigenvalue weighted by atomic mass is 10.3. The zero-order valence-electron chi connectivity index (χ0n) is 11.3. The third-order valence-electron chi connectivity index (χ3n) is 2.42. The summed E-state index contributed by atoms with van der Waals surface area (Å²) in [6.07, 6.45) is 0.119. The number of para-hydroxylation sites is 1. The van der Waals surface area contributed by atoms with Crippen molar-refractivity contribution in [1.82, 2.24) is 10.6 Å². The Kier molecular flexibility index (Phi) is 7.52. The molecule has 1 aromatic carbocycles. The zero-order valence-corrected chi connectivity index (χ0v) is 14.4. The van der Waals surface area contributed by atoms with Crippen LogP contribution in [-0.4, -0.2) is 21.0 Å². The van der Waals surface area contributed by atoms with Gasteiger partial charge in [0.05, 0.1) is 0 Å². The Morgan fingerprint density at radius 2 is 1.86 bits per heavy atom. The quantitative estimate of drug-likeness (QED) is 0.422. The molecule has 0 saturated heterocycles. The SMILES string of the molecule is CCCC(=O)NC(NC(=S)Nc1ccccc1)C(Cl)(Cl)Cl. The molecule has 1 amide bonds. The minimum atomic E-state index is -1.73. The van der Waals surface area contributed by atoms with E-state index in [1.165, 1.54) is 0 Å². The third kappa shape index (κ3) is 7.18. The first-order valence-electron chi connectivity index (χ1n) is 6.31. The predicted molar refractivity (Wildman–Crippen MR) is 92.9 cm³/mol. The Morgan fingerprint density at radius 3 is 2.38 bits per heavy atom. The van der Waals surface area contributed by atoms with Gasteiger partial charge in [-0.25, -0.2) is 0 Å². The van der Waals surface area contributed by atoms with Gasteiger partial charge in [-0.2, -0.15) is 0 Å². The summed E-state index contributed by atoms with van der Waals surface area (Å²) in [5.74, 6) is -0.219. The van der Waals surface area contributed by atoms with Gasteiger partial charge >= 0.3 is 0 Å². The van der Waals surface area contributed by atoms with Gasteiger partial charge in [-0.05, 0) is 30.8 Å². The van der Waals surface area contributed by atoms with E-state index in [2.05, 4.69) is 16.0 Å². The Balaban J connectivity index is 2.64. The maximum atomic E-state index is 11.6. The van der Waals surface area contributed by atoms with Crippen molar-refractivity contribution < 1.29 is 4.79 Å². The monoisotopic (exact) mass is 367 g/mol. The highest BCUT2D eigenvalue weighted by molar-refractivity contribution is 7.80. The molecule has 4 nitrogen and oxygen atoms in total. The number of anilines is 1. The van der Waals surface area contributed by atoms with Crippen molar-refractivity contribution in [2.24, 2.45) is 0 Å². The summed E-state index contributed by atoms with van der Waals surface area (Å²) < 4.78 is -1.73. The third-order valence-corrected chi connectivity index (χ3v) is 3.29. The van der Waals surface area contributed by atoms with Crippen LogP contribution >= 0.6 is 47.0 Å². The maximum absolute atomic E-state index is 11.6. The van der Waals surface area contributed by atoms with Gasteiger partial charge in [-0.3, -0.25) is 4.79 Å². The molecule has 116 valence electrons. The van der Waals surface area contributed by atoms with Gasteiger partial charge in [-0.1, -0.05) is 59.9 Å². The predicted octanol–water partition coefficient (Wildman–Crippen LogP) is 3.59. The van der Waals surface area contributed by atoms with Gasteiger partial charge in [-0.15, -0.1) is 0 Å². The Morgan fingerprint density at radius 1 is 1.24 bits per heavy atom. The average molecular weight is 369 g/mol. The van der Waals surface area contributed by atoms with E-state index in [0.29, 0.717) is 12.8 Å². The highest BCUT2D eigenvalue weighted by Gasteiger charge is 2.34. The second kappa shape index (κ2) is 8.63. The molecule has 0 saturated carbocycles. The van der Waals surface area contributed by atoms with Crippen LogP contribution in [0.2, 0.25) is 0 Å². The molecule has 0 radical (unpaired) electrons. The fraction of sp³-hybridized carbons (Fsp3) is 0.385. The van der Waals surface area contributed by atoms with Crippen molar-refractivity contribution in [2.75, 3.05) is 5.32 Å². The standard InChI is InChI=1S/C13H16Cl3N3OS/c1-2-6-10(20)18-11(13(14,15)16)19-12(21)17-9-7-4-3-5-8-9/h3-5,7-8,11H,2,6H2,1H3,(H,18,20)(H2,17,19,21). The second-order valence-electron chi connectivity index (χ2n) is 4.26. The van der Waals surface area contributed by atoms with E-state index in [-0.39, 0.29) is 11.0 Å². The van der Waals surface area contributed by atoms with E-state index in [0.717, 1.165) is 5.69 Å². The van der Waals surface area contributed by atoms with Crippen LogP contribution in [0.4, 0.5) is 5.69 Å². The van der Waals surface area contributed by atoms with Gasteiger partial charge in [0.1, 0.15) is 6.17 Å². The van der Waals surface area contributed by atoms with Crippen molar-refractivity contribution in [3.63, 3.8) is 0 Å². The number of amides is 1. The maximum Gasteiger partial charge on any atom is 0.228 e. The molecule has 0 bridgehead atoms. The number of hydrogen-bond acceptors (Lipinski definition) is 2. The van der Waals surface area contributed by atoms with Crippen LogP contribution in [0, 0.1) is 0 Å². The highest BCUT2D eigenvalue weighted by Crippen LogP contribution is 2.29. The van der Waals surface area contributed by atoms with Gasteiger partial charge < -0.3 is 16.0 Å². The van der Waals surface area contributed by atoms with Gasteiger partial charge in [0.15, 0.2) is 5.11 Å². The number of thiocarbonyl (C=S) groups is 1. The minimum absolute atomic E-state index is 0.219.